The highest BCUT2D eigenvalue weighted by Crippen LogP contribution is 2.22. The summed E-state index contributed by atoms with van der Waals surface area (Å²) in [7, 11) is 2.61. The van der Waals surface area contributed by atoms with Gasteiger partial charge in [-0.05, 0) is 32.4 Å². The zero-order valence-corrected chi connectivity index (χ0v) is 12.7. The topological polar surface area (TPSA) is 56.5 Å². The predicted octanol–water partition coefficient (Wildman–Crippen LogP) is 2.97. The van der Waals surface area contributed by atoms with Crippen LogP contribution in [0, 0.1) is 11.2 Å². The van der Waals surface area contributed by atoms with Crippen molar-refractivity contribution < 1.29 is 13.9 Å². The van der Waals surface area contributed by atoms with E-state index in [-0.39, 0.29) is 0 Å². The van der Waals surface area contributed by atoms with Gasteiger partial charge in [0.25, 0.3) is 0 Å². The Balaban J connectivity index is 2.80. The maximum Gasteiger partial charge on any atom is 0.339 e. The third kappa shape index (κ3) is 2.93. The van der Waals surface area contributed by atoms with Crippen molar-refractivity contribution in [3.05, 3.63) is 45.8 Å². The number of benzene rings is 1. The fraction of sp³-hybridized carbons (Fsp3) is 0.0769. The molecule has 1 heterocycles. The van der Waals surface area contributed by atoms with Gasteiger partial charge < -0.3 is 9.15 Å². The number of fused-ring (bicyclic) bond motifs is 1. The normalized spacial score (nSPS) is 9.79. The van der Waals surface area contributed by atoms with Crippen molar-refractivity contribution in [1.82, 2.24) is 0 Å². The van der Waals surface area contributed by atoms with Crippen molar-refractivity contribution in [2.24, 2.45) is 0 Å². The van der Waals surface area contributed by atoms with Gasteiger partial charge in [-0.1, -0.05) is 5.92 Å². The molecule has 0 spiro atoms. The van der Waals surface area contributed by atoms with Crippen LogP contribution < -0.4 is 5.63 Å². The van der Waals surface area contributed by atoms with Crippen LogP contribution in [0.4, 0.5) is 0 Å². The van der Waals surface area contributed by atoms with Gasteiger partial charge in [0.1, 0.15) is 5.58 Å². The van der Waals surface area contributed by atoms with E-state index < -0.39 is 11.6 Å². The highest BCUT2D eigenvalue weighted by molar-refractivity contribution is 14.2. The van der Waals surface area contributed by atoms with Crippen molar-refractivity contribution >= 4 is 47.1 Å². The molecule has 0 N–H and O–H groups in total. The van der Waals surface area contributed by atoms with Gasteiger partial charge >= 0.3 is 11.6 Å². The molecule has 0 radical (unpaired) electrons. The number of methoxy groups -OCH3 is 1. The number of hydrogen-bond acceptors (Lipinski definition) is 5. The molecular weight excluding hydrogens is 379 g/mol. The smallest absolute Gasteiger partial charge is 0.339 e. The lowest BCUT2D eigenvalue weighted by molar-refractivity contribution is 0.0602. The van der Waals surface area contributed by atoms with Crippen LogP contribution in [-0.4, -0.2) is 13.1 Å². The molecule has 0 fully saturated rings. The second-order valence-corrected chi connectivity index (χ2v) is 5.13. The fourth-order valence-electron chi connectivity index (χ4n) is 1.65. The highest BCUT2D eigenvalue weighted by Gasteiger charge is 2.16. The first kappa shape index (κ1) is 14.0. The van der Waals surface area contributed by atoms with Gasteiger partial charge in [-0.3, -0.25) is 0 Å². The number of ether oxygens (including phenoxy) is 1. The number of halogens is 1. The molecule has 0 saturated carbocycles. The standard InChI is InChI=1S/C13H7IO4S/c1-17-13(16)12-8(6-7-19-14)2-4-10-9(12)3-5-11(15)18-10/h2-5H,1H3. The minimum absolute atomic E-state index is 0.307. The molecule has 1 aromatic carbocycles. The van der Waals surface area contributed by atoms with E-state index in [1.54, 1.807) is 12.1 Å². The van der Waals surface area contributed by atoms with Crippen molar-refractivity contribution in [3.8, 4) is 11.2 Å². The van der Waals surface area contributed by atoms with Crippen LogP contribution in [0.3, 0.4) is 0 Å². The van der Waals surface area contributed by atoms with E-state index in [1.165, 1.54) is 28.2 Å². The van der Waals surface area contributed by atoms with E-state index in [2.05, 4.69) is 11.2 Å². The van der Waals surface area contributed by atoms with E-state index in [1.807, 2.05) is 21.2 Å². The molecule has 1 aromatic heterocycles. The largest absolute Gasteiger partial charge is 0.465 e. The molecule has 0 saturated heterocycles. The summed E-state index contributed by atoms with van der Waals surface area (Å²) in [6, 6.07) is 6.05. The zero-order chi connectivity index (χ0) is 13.8. The average Bonchev–Trinajstić information content (AvgIpc) is 2.43. The highest BCUT2D eigenvalue weighted by atomic mass is 127. The van der Waals surface area contributed by atoms with Gasteiger partial charge in [0, 0.05) is 38.2 Å². The van der Waals surface area contributed by atoms with Crippen LogP contribution in [0.15, 0.2) is 33.5 Å². The molecule has 4 nitrogen and oxygen atoms in total. The lowest BCUT2D eigenvalue weighted by Gasteiger charge is -2.06. The minimum Gasteiger partial charge on any atom is -0.465 e. The molecule has 0 aliphatic carbocycles. The van der Waals surface area contributed by atoms with Crippen molar-refractivity contribution in [3.63, 3.8) is 0 Å². The number of hydrogen-bond donors (Lipinski definition) is 0. The first-order valence-corrected chi connectivity index (χ1v) is 8.47. The predicted molar refractivity (Wildman–Crippen MR) is 82.3 cm³/mol. The van der Waals surface area contributed by atoms with Gasteiger partial charge in [-0.15, -0.1) is 0 Å². The Kier molecular flexibility index (Phi) is 4.50. The first-order valence-electron chi connectivity index (χ1n) is 5.11. The molecule has 96 valence electrons. The minimum atomic E-state index is -0.512. The van der Waals surface area contributed by atoms with Crippen LogP contribution in [0.25, 0.3) is 11.0 Å². The summed E-state index contributed by atoms with van der Waals surface area (Å²) in [6.07, 6.45) is 0. The van der Waals surface area contributed by atoms with Crippen LogP contribution in [0.1, 0.15) is 15.9 Å². The molecule has 0 bridgehead atoms. The van der Waals surface area contributed by atoms with Gasteiger partial charge in [-0.2, -0.15) is 0 Å². The SMILES string of the molecule is COC(=O)c1c(C#CSI)ccc2oc(=O)ccc12. The van der Waals surface area contributed by atoms with E-state index in [9.17, 15) is 9.59 Å². The summed E-state index contributed by atoms with van der Waals surface area (Å²) >= 11 is 2.04. The maximum atomic E-state index is 11.9. The van der Waals surface area contributed by atoms with Crippen molar-refractivity contribution in [2.45, 2.75) is 0 Å². The number of carbonyl (C=O) groups excluding carboxylic acids is 1. The number of esters is 1. The summed E-state index contributed by atoms with van der Waals surface area (Å²) in [6.45, 7) is 0. The van der Waals surface area contributed by atoms with Gasteiger partial charge in [0.15, 0.2) is 0 Å². The molecular formula is C13H7IO4S. The van der Waals surface area contributed by atoms with E-state index in [0.29, 0.717) is 22.1 Å². The molecule has 0 unspecified atom stereocenters. The third-order valence-corrected chi connectivity index (χ3v) is 3.26. The van der Waals surface area contributed by atoms with Crippen LogP contribution in [0.5, 0.6) is 0 Å². The van der Waals surface area contributed by atoms with Crippen LogP contribution in [0.2, 0.25) is 0 Å². The summed E-state index contributed by atoms with van der Waals surface area (Å²) in [5.41, 5.74) is 0.713. The van der Waals surface area contributed by atoms with Crippen molar-refractivity contribution in [1.29, 1.82) is 0 Å². The number of rotatable bonds is 1. The van der Waals surface area contributed by atoms with Gasteiger partial charge in [0.05, 0.1) is 12.7 Å². The third-order valence-electron chi connectivity index (χ3n) is 2.42. The maximum absolute atomic E-state index is 11.9. The number of carbonyl (C=O) groups is 1. The van der Waals surface area contributed by atoms with Crippen LogP contribution >= 0.6 is 30.1 Å². The molecule has 0 amide bonds. The molecule has 19 heavy (non-hydrogen) atoms. The Bertz CT molecular complexity index is 755. The van der Waals surface area contributed by atoms with E-state index >= 15 is 0 Å². The van der Waals surface area contributed by atoms with E-state index in [0.717, 1.165) is 0 Å². The Morgan fingerprint density at radius 1 is 1.37 bits per heavy atom. The molecule has 0 aliphatic rings. The Hall–Kier alpha value is -1.46. The first-order chi connectivity index (χ1) is 9.17. The quantitative estimate of drug-likeness (QED) is 0.327. The second kappa shape index (κ2) is 6.12. The van der Waals surface area contributed by atoms with Crippen LogP contribution in [-0.2, 0) is 4.74 Å². The zero-order valence-electron chi connectivity index (χ0n) is 9.73. The molecule has 0 atom stereocenters. The lowest BCUT2D eigenvalue weighted by Crippen LogP contribution is -2.06. The fourth-order valence-corrected chi connectivity index (χ4v) is 2.13. The monoisotopic (exact) mass is 386 g/mol. The van der Waals surface area contributed by atoms with Crippen molar-refractivity contribution in [2.75, 3.05) is 7.11 Å². The Morgan fingerprint density at radius 2 is 2.16 bits per heavy atom. The molecule has 2 rings (SSSR count). The van der Waals surface area contributed by atoms with E-state index in [4.69, 9.17) is 9.15 Å². The average molecular weight is 386 g/mol. The van der Waals surface area contributed by atoms with Gasteiger partial charge in [0.2, 0.25) is 0 Å². The molecule has 2 aromatic rings. The van der Waals surface area contributed by atoms with Gasteiger partial charge in [-0.25, -0.2) is 9.59 Å². The summed E-state index contributed by atoms with van der Waals surface area (Å²) in [4.78, 5) is 23.1. The molecule has 0 aliphatic heterocycles. The summed E-state index contributed by atoms with van der Waals surface area (Å²) in [5, 5.41) is 3.32. The molecule has 6 heteroatoms. The summed E-state index contributed by atoms with van der Waals surface area (Å²) < 4.78 is 9.80. The summed E-state index contributed by atoms with van der Waals surface area (Å²) in [5.74, 6) is 2.36. The lowest BCUT2D eigenvalue weighted by atomic mass is 10.0. The Labute approximate surface area is 125 Å². The Morgan fingerprint density at radius 3 is 2.84 bits per heavy atom. The second-order valence-electron chi connectivity index (χ2n) is 3.45.